The molecule has 1 aliphatic heterocycles. The summed E-state index contributed by atoms with van der Waals surface area (Å²) >= 11 is 3.13. The van der Waals surface area contributed by atoms with E-state index in [0.717, 1.165) is 5.69 Å². The highest BCUT2D eigenvalue weighted by Crippen LogP contribution is 2.23. The first-order valence-corrected chi connectivity index (χ1v) is 11.8. The summed E-state index contributed by atoms with van der Waals surface area (Å²) in [4.78, 5) is 27.1. The maximum atomic E-state index is 13.5. The number of rotatable bonds is 7. The Morgan fingerprint density at radius 2 is 1.89 bits per heavy atom. The first-order chi connectivity index (χ1) is 16.9. The minimum atomic E-state index is -0.408. The summed E-state index contributed by atoms with van der Waals surface area (Å²) in [5, 5.41) is 23.4. The number of piperidine rings is 1. The van der Waals surface area contributed by atoms with Crippen molar-refractivity contribution in [2.45, 2.75) is 25.7 Å². The summed E-state index contributed by atoms with van der Waals surface area (Å²) in [6, 6.07) is 13.4. The van der Waals surface area contributed by atoms with Crippen LogP contribution in [0.15, 0.2) is 62.8 Å². The number of Topliss-reactive ketones (excluding diaryl/α,β-unsaturated/α-hetero) is 1. The molecule has 1 aliphatic rings. The molecule has 0 unspecified atom stereocenters. The number of anilines is 1. The van der Waals surface area contributed by atoms with E-state index in [0.29, 0.717) is 31.5 Å². The molecule has 2 amide bonds. The van der Waals surface area contributed by atoms with Crippen LogP contribution < -0.4 is 5.32 Å². The van der Waals surface area contributed by atoms with Crippen molar-refractivity contribution in [3.05, 3.63) is 75.8 Å². The van der Waals surface area contributed by atoms with Gasteiger partial charge in [-0.2, -0.15) is 0 Å². The molecule has 0 aliphatic carbocycles. The van der Waals surface area contributed by atoms with Crippen molar-refractivity contribution in [3.8, 4) is 0 Å². The van der Waals surface area contributed by atoms with E-state index in [1.165, 1.54) is 6.07 Å². The SMILES string of the molecule is O=C(Cc1nonc1/C(Cc1ccc(F)c(Br)c1)=N/O)C1CCN(C(=O)Nc2ccccc2)CC1. The Kier molecular flexibility index (Phi) is 7.86. The molecule has 2 aromatic carbocycles. The van der Waals surface area contributed by atoms with Gasteiger partial charge in [0.1, 0.15) is 23.0 Å². The zero-order valence-corrected chi connectivity index (χ0v) is 20.2. The van der Waals surface area contributed by atoms with Crippen molar-refractivity contribution < 1.29 is 23.8 Å². The number of oxime groups is 1. The molecule has 3 aromatic rings. The molecule has 2 heterocycles. The summed E-state index contributed by atoms with van der Waals surface area (Å²) in [6.07, 6.45) is 1.17. The van der Waals surface area contributed by atoms with E-state index in [1.807, 2.05) is 30.3 Å². The highest BCUT2D eigenvalue weighted by molar-refractivity contribution is 9.10. The normalized spacial score (nSPS) is 14.7. The Morgan fingerprint density at radius 1 is 1.14 bits per heavy atom. The Morgan fingerprint density at radius 3 is 2.57 bits per heavy atom. The van der Waals surface area contributed by atoms with Gasteiger partial charge in [-0.05, 0) is 63.8 Å². The third-order valence-corrected chi connectivity index (χ3v) is 6.52. The lowest BCUT2D eigenvalue weighted by Crippen LogP contribution is -2.42. The Labute approximate surface area is 209 Å². The largest absolute Gasteiger partial charge is 0.411 e. The molecule has 0 spiro atoms. The number of halogens is 2. The molecule has 0 bridgehead atoms. The average molecular weight is 544 g/mol. The average Bonchev–Trinajstić information content (AvgIpc) is 3.33. The van der Waals surface area contributed by atoms with Gasteiger partial charge in [0.2, 0.25) is 0 Å². The van der Waals surface area contributed by atoms with Gasteiger partial charge in [-0.1, -0.05) is 34.6 Å². The lowest BCUT2D eigenvalue weighted by molar-refractivity contribution is -0.123. The van der Waals surface area contributed by atoms with E-state index in [-0.39, 0.29) is 52.1 Å². The third-order valence-electron chi connectivity index (χ3n) is 5.91. The van der Waals surface area contributed by atoms with Crippen molar-refractivity contribution in [1.82, 2.24) is 15.2 Å². The number of nitrogens with one attached hydrogen (secondary N) is 1. The number of amides is 2. The molecule has 182 valence electrons. The number of nitrogens with zero attached hydrogens (tertiary/aromatic N) is 4. The van der Waals surface area contributed by atoms with Gasteiger partial charge < -0.3 is 15.4 Å². The first-order valence-electron chi connectivity index (χ1n) is 11.0. The number of aromatic nitrogens is 2. The molecule has 1 aromatic heterocycles. The Hall–Kier alpha value is -3.60. The minimum absolute atomic E-state index is 0.0359. The van der Waals surface area contributed by atoms with Crippen molar-refractivity contribution in [2.24, 2.45) is 11.1 Å². The van der Waals surface area contributed by atoms with E-state index < -0.39 is 5.82 Å². The van der Waals surface area contributed by atoms with E-state index in [9.17, 15) is 19.2 Å². The highest BCUT2D eigenvalue weighted by Gasteiger charge is 2.29. The van der Waals surface area contributed by atoms with Crippen molar-refractivity contribution >= 4 is 39.1 Å². The second-order valence-electron chi connectivity index (χ2n) is 8.23. The first kappa shape index (κ1) is 24.5. The number of hydrogen-bond donors (Lipinski definition) is 2. The summed E-state index contributed by atoms with van der Waals surface area (Å²) in [7, 11) is 0. The molecular weight excluding hydrogens is 521 g/mol. The Bertz CT molecular complexity index is 1230. The van der Waals surface area contributed by atoms with Crippen LogP contribution in [0.5, 0.6) is 0 Å². The van der Waals surface area contributed by atoms with E-state index >= 15 is 0 Å². The van der Waals surface area contributed by atoms with Gasteiger partial charge in [0.15, 0.2) is 5.69 Å². The fourth-order valence-corrected chi connectivity index (χ4v) is 4.42. The van der Waals surface area contributed by atoms with Gasteiger partial charge in [0, 0.05) is 31.1 Å². The summed E-state index contributed by atoms with van der Waals surface area (Å²) in [5.74, 6) is -0.691. The highest BCUT2D eigenvalue weighted by atomic mass is 79.9. The van der Waals surface area contributed by atoms with Gasteiger partial charge in [-0.15, -0.1) is 0 Å². The van der Waals surface area contributed by atoms with Crippen LogP contribution in [-0.4, -0.2) is 51.0 Å². The molecule has 0 radical (unpaired) electrons. The lowest BCUT2D eigenvalue weighted by Gasteiger charge is -2.31. The van der Waals surface area contributed by atoms with E-state index in [1.54, 1.807) is 17.0 Å². The van der Waals surface area contributed by atoms with E-state index in [2.05, 4.69) is 36.7 Å². The standard InChI is InChI=1S/C24H23BrFN5O4/c25-18-12-15(6-7-19(18)26)13-20(28-34)23-21(29-35-30-23)14-22(32)16-8-10-31(11-9-16)24(33)27-17-4-2-1-3-5-17/h1-7,12,16,34H,8-11,13-14H2,(H,27,33)/b28-20+. The van der Waals surface area contributed by atoms with Gasteiger partial charge >= 0.3 is 6.03 Å². The number of benzene rings is 2. The van der Waals surface area contributed by atoms with Crippen LogP contribution in [0.1, 0.15) is 29.8 Å². The van der Waals surface area contributed by atoms with Gasteiger partial charge in [0.25, 0.3) is 0 Å². The quantitative estimate of drug-likeness (QED) is 0.258. The number of hydrogen-bond acceptors (Lipinski definition) is 7. The van der Waals surface area contributed by atoms with Crippen molar-refractivity contribution in [1.29, 1.82) is 0 Å². The molecule has 0 atom stereocenters. The van der Waals surface area contributed by atoms with Crippen LogP contribution in [0.25, 0.3) is 0 Å². The predicted octanol–water partition coefficient (Wildman–Crippen LogP) is 4.45. The Balaban J connectivity index is 1.34. The zero-order valence-electron chi connectivity index (χ0n) is 18.7. The fraction of sp³-hybridized carbons (Fsp3) is 0.292. The lowest BCUT2D eigenvalue weighted by atomic mass is 9.89. The number of urea groups is 1. The summed E-state index contributed by atoms with van der Waals surface area (Å²) < 4.78 is 18.6. The van der Waals surface area contributed by atoms with Crippen LogP contribution in [0.3, 0.4) is 0 Å². The number of para-hydroxylation sites is 1. The summed E-state index contributed by atoms with van der Waals surface area (Å²) in [5.41, 5.74) is 2.00. The van der Waals surface area contributed by atoms with Gasteiger partial charge in [-0.25, -0.2) is 13.8 Å². The number of carbonyl (C=O) groups excluding carboxylic acids is 2. The zero-order chi connectivity index (χ0) is 24.8. The second kappa shape index (κ2) is 11.2. The van der Waals surface area contributed by atoms with Crippen LogP contribution in [-0.2, 0) is 17.6 Å². The van der Waals surface area contributed by atoms with Crippen LogP contribution in [0.2, 0.25) is 0 Å². The van der Waals surface area contributed by atoms with Crippen molar-refractivity contribution in [3.63, 3.8) is 0 Å². The third kappa shape index (κ3) is 6.10. The number of likely N-dealkylation sites (tertiary alicyclic amines) is 1. The van der Waals surface area contributed by atoms with Crippen LogP contribution in [0, 0.1) is 11.7 Å². The topological polar surface area (TPSA) is 121 Å². The number of ketones is 1. The maximum Gasteiger partial charge on any atom is 0.321 e. The maximum absolute atomic E-state index is 13.5. The molecule has 35 heavy (non-hydrogen) atoms. The second-order valence-corrected chi connectivity index (χ2v) is 9.09. The molecule has 9 nitrogen and oxygen atoms in total. The fourth-order valence-electron chi connectivity index (χ4n) is 3.99. The number of carbonyl (C=O) groups is 2. The summed E-state index contributed by atoms with van der Waals surface area (Å²) in [6.45, 7) is 0.920. The van der Waals surface area contributed by atoms with Gasteiger partial charge in [-0.3, -0.25) is 4.79 Å². The van der Waals surface area contributed by atoms with Crippen molar-refractivity contribution in [2.75, 3.05) is 18.4 Å². The molecular formula is C24H23BrFN5O4. The molecule has 0 saturated carbocycles. The molecule has 1 fully saturated rings. The van der Waals surface area contributed by atoms with Crippen LogP contribution >= 0.6 is 15.9 Å². The van der Waals surface area contributed by atoms with E-state index in [4.69, 9.17) is 4.63 Å². The molecule has 4 rings (SSSR count). The predicted molar refractivity (Wildman–Crippen MR) is 129 cm³/mol. The van der Waals surface area contributed by atoms with Crippen LogP contribution in [0.4, 0.5) is 14.9 Å². The minimum Gasteiger partial charge on any atom is -0.411 e. The smallest absolute Gasteiger partial charge is 0.321 e. The molecule has 2 N–H and O–H groups in total. The molecule has 1 saturated heterocycles. The van der Waals surface area contributed by atoms with Gasteiger partial charge in [0.05, 0.1) is 10.9 Å². The monoisotopic (exact) mass is 543 g/mol. The molecule has 11 heteroatoms.